The Bertz CT molecular complexity index is 1110. The number of terminal acetylenes is 1. The summed E-state index contributed by atoms with van der Waals surface area (Å²) in [6.07, 6.45) is 11.4. The lowest BCUT2D eigenvalue weighted by Crippen LogP contribution is -2.55. The monoisotopic (exact) mass is 508 g/mol. The average molecular weight is 509 g/mol. The molecule has 3 saturated carbocycles. The van der Waals surface area contributed by atoms with Gasteiger partial charge in [-0.15, -0.1) is 6.42 Å². The van der Waals surface area contributed by atoms with Crippen LogP contribution in [0.25, 0.3) is 0 Å². The van der Waals surface area contributed by atoms with Gasteiger partial charge in [-0.05, 0) is 61.5 Å². The number of rotatable bonds is 4. The minimum absolute atomic E-state index is 0.0723. The van der Waals surface area contributed by atoms with Gasteiger partial charge in [-0.25, -0.2) is 0 Å². The molecule has 5 aliphatic rings. The number of aliphatic hydroxyl groups is 2. The van der Waals surface area contributed by atoms with E-state index in [1.807, 2.05) is 0 Å². The minimum Gasteiger partial charge on any atom is -0.385 e. The molecule has 200 valence electrons. The molecule has 1 aromatic rings. The molecule has 6 rings (SSSR count). The van der Waals surface area contributed by atoms with E-state index in [0.29, 0.717) is 50.7 Å². The molecule has 1 aromatic carbocycles. The molecule has 1 heterocycles. The topological polar surface area (TPSA) is 77.4 Å². The van der Waals surface area contributed by atoms with Crippen molar-refractivity contribution in [3.63, 3.8) is 0 Å². The SMILES string of the molecule is C#C[C@]1(O)CCC2C3CC[C@@]4(O)CC(OC)(OC)CCC4=C3[C@@H](c3ccc(C4OCCO4)cc3)C[C@@]21C. The van der Waals surface area contributed by atoms with Crippen LogP contribution in [0.1, 0.15) is 81.6 Å². The van der Waals surface area contributed by atoms with Gasteiger partial charge in [0.25, 0.3) is 0 Å². The lowest BCUT2D eigenvalue weighted by molar-refractivity contribution is -0.246. The fourth-order valence-corrected chi connectivity index (χ4v) is 8.68. The van der Waals surface area contributed by atoms with Crippen LogP contribution >= 0.6 is 0 Å². The third-order valence-electron chi connectivity index (χ3n) is 10.8. The molecule has 0 aromatic heterocycles. The van der Waals surface area contributed by atoms with E-state index in [1.165, 1.54) is 16.7 Å². The fourth-order valence-electron chi connectivity index (χ4n) is 8.68. The zero-order valence-electron chi connectivity index (χ0n) is 22.3. The van der Waals surface area contributed by atoms with Gasteiger partial charge in [0.05, 0.1) is 18.8 Å². The van der Waals surface area contributed by atoms with Crippen molar-refractivity contribution in [2.75, 3.05) is 27.4 Å². The zero-order chi connectivity index (χ0) is 26.1. The molecule has 0 bridgehead atoms. The van der Waals surface area contributed by atoms with Gasteiger partial charge < -0.3 is 29.2 Å². The highest BCUT2D eigenvalue weighted by Gasteiger charge is 2.64. The van der Waals surface area contributed by atoms with E-state index in [9.17, 15) is 10.2 Å². The van der Waals surface area contributed by atoms with Crippen molar-refractivity contribution in [1.82, 2.24) is 0 Å². The third kappa shape index (κ3) is 3.70. The van der Waals surface area contributed by atoms with Gasteiger partial charge in [0, 0.05) is 44.0 Å². The highest BCUT2D eigenvalue weighted by Crippen LogP contribution is 2.67. The van der Waals surface area contributed by atoms with E-state index in [0.717, 1.165) is 31.2 Å². The van der Waals surface area contributed by atoms with Crippen LogP contribution in [0.3, 0.4) is 0 Å². The summed E-state index contributed by atoms with van der Waals surface area (Å²) < 4.78 is 23.0. The van der Waals surface area contributed by atoms with Crippen LogP contribution in [0.4, 0.5) is 0 Å². The predicted octanol–water partition coefficient (Wildman–Crippen LogP) is 4.61. The molecule has 2 unspecified atom stereocenters. The predicted molar refractivity (Wildman–Crippen MR) is 138 cm³/mol. The standard InChI is InChI=1S/C31H40O6/c1-5-30(33)14-11-24-22-10-13-29(32)19-31(34-3,35-4)15-12-25(29)26(22)23(18-28(24,30)2)20-6-8-21(9-7-20)27-36-16-17-37-27/h1,6-9,22-24,27,32-33H,10-19H2,2-4H3/t22?,23-,24?,28+,29-,30+/m1/s1. The van der Waals surface area contributed by atoms with Crippen molar-refractivity contribution in [2.24, 2.45) is 17.3 Å². The Hall–Kier alpha value is -1.72. The molecule has 4 fully saturated rings. The number of fused-ring (bicyclic) bond motifs is 4. The van der Waals surface area contributed by atoms with Crippen molar-refractivity contribution < 1.29 is 29.2 Å². The Kier molecular flexibility index (Phi) is 6.15. The second-order valence-electron chi connectivity index (χ2n) is 12.2. The second kappa shape index (κ2) is 8.91. The summed E-state index contributed by atoms with van der Waals surface area (Å²) in [4.78, 5) is 0. The fraction of sp³-hybridized carbons (Fsp3) is 0.677. The van der Waals surface area contributed by atoms with Crippen molar-refractivity contribution in [2.45, 2.75) is 87.5 Å². The maximum Gasteiger partial charge on any atom is 0.184 e. The van der Waals surface area contributed by atoms with Crippen molar-refractivity contribution in [1.29, 1.82) is 0 Å². The number of allylic oxidation sites excluding steroid dienone is 1. The first-order valence-corrected chi connectivity index (χ1v) is 13.8. The molecule has 2 N–H and O–H groups in total. The van der Waals surface area contributed by atoms with E-state index in [1.54, 1.807) is 14.2 Å². The maximum absolute atomic E-state index is 12.1. The molecule has 0 amide bonds. The molecule has 6 atom stereocenters. The Morgan fingerprint density at radius 2 is 1.65 bits per heavy atom. The van der Waals surface area contributed by atoms with E-state index in [2.05, 4.69) is 37.1 Å². The highest BCUT2D eigenvalue weighted by molar-refractivity contribution is 5.45. The highest BCUT2D eigenvalue weighted by atomic mass is 16.7. The summed E-state index contributed by atoms with van der Waals surface area (Å²) in [6, 6.07) is 8.54. The van der Waals surface area contributed by atoms with Gasteiger partial charge in [0.1, 0.15) is 5.60 Å². The summed E-state index contributed by atoms with van der Waals surface area (Å²) in [5, 5.41) is 23.7. The molecule has 6 heteroatoms. The third-order valence-corrected chi connectivity index (χ3v) is 10.8. The molecular formula is C31H40O6. The molecule has 37 heavy (non-hydrogen) atoms. The first kappa shape index (κ1) is 25.6. The first-order chi connectivity index (χ1) is 17.7. The quantitative estimate of drug-likeness (QED) is 0.351. The lowest BCUT2D eigenvalue weighted by atomic mass is 9.49. The number of benzene rings is 1. The van der Waals surface area contributed by atoms with Crippen LogP contribution in [0.2, 0.25) is 0 Å². The van der Waals surface area contributed by atoms with Crippen LogP contribution in [0, 0.1) is 29.6 Å². The Balaban J connectivity index is 1.45. The maximum atomic E-state index is 12.1. The molecule has 0 spiro atoms. The normalized spacial score (nSPS) is 41.1. The van der Waals surface area contributed by atoms with Gasteiger partial charge in [-0.1, -0.05) is 42.7 Å². The van der Waals surface area contributed by atoms with Crippen LogP contribution in [-0.2, 0) is 18.9 Å². The van der Waals surface area contributed by atoms with Gasteiger partial charge in [-0.3, -0.25) is 0 Å². The summed E-state index contributed by atoms with van der Waals surface area (Å²) in [7, 11) is 3.34. The molecule has 4 aliphatic carbocycles. The van der Waals surface area contributed by atoms with Gasteiger partial charge in [0.15, 0.2) is 12.1 Å². The van der Waals surface area contributed by atoms with E-state index in [4.69, 9.17) is 25.4 Å². The number of ether oxygens (including phenoxy) is 4. The Labute approximate surface area is 220 Å². The van der Waals surface area contributed by atoms with Crippen molar-refractivity contribution in [3.05, 3.63) is 46.5 Å². The molecule has 6 nitrogen and oxygen atoms in total. The van der Waals surface area contributed by atoms with Crippen LogP contribution in [0.5, 0.6) is 0 Å². The van der Waals surface area contributed by atoms with E-state index in [-0.39, 0.29) is 17.6 Å². The summed E-state index contributed by atoms with van der Waals surface area (Å²) in [5.74, 6) is 2.71. The Morgan fingerprint density at radius 1 is 0.973 bits per heavy atom. The molecular weight excluding hydrogens is 468 g/mol. The van der Waals surface area contributed by atoms with Gasteiger partial charge in [-0.2, -0.15) is 0 Å². The largest absolute Gasteiger partial charge is 0.385 e. The number of hydrogen-bond acceptors (Lipinski definition) is 6. The van der Waals surface area contributed by atoms with Crippen molar-refractivity contribution in [3.8, 4) is 12.3 Å². The van der Waals surface area contributed by atoms with Crippen molar-refractivity contribution >= 4 is 0 Å². The van der Waals surface area contributed by atoms with E-state index >= 15 is 0 Å². The molecule has 1 saturated heterocycles. The lowest BCUT2D eigenvalue weighted by Gasteiger charge is -2.57. The molecule has 1 aliphatic heterocycles. The second-order valence-corrected chi connectivity index (χ2v) is 12.2. The van der Waals surface area contributed by atoms with Gasteiger partial charge in [0.2, 0.25) is 0 Å². The minimum atomic E-state index is -1.11. The van der Waals surface area contributed by atoms with Crippen LogP contribution < -0.4 is 0 Å². The average Bonchev–Trinajstić information content (AvgIpc) is 3.54. The van der Waals surface area contributed by atoms with Crippen LogP contribution in [-0.4, -0.2) is 54.6 Å². The zero-order valence-corrected chi connectivity index (χ0v) is 22.3. The summed E-state index contributed by atoms with van der Waals surface area (Å²) >= 11 is 0. The number of hydrogen-bond donors (Lipinski definition) is 2. The Morgan fingerprint density at radius 3 is 2.30 bits per heavy atom. The van der Waals surface area contributed by atoms with E-state index < -0.39 is 17.0 Å². The first-order valence-electron chi connectivity index (χ1n) is 13.8. The van der Waals surface area contributed by atoms with Crippen LogP contribution in [0.15, 0.2) is 35.4 Å². The molecule has 0 radical (unpaired) electrons. The number of methoxy groups -OCH3 is 2. The summed E-state index contributed by atoms with van der Waals surface area (Å²) in [6.45, 7) is 3.43. The smallest absolute Gasteiger partial charge is 0.184 e. The summed E-state index contributed by atoms with van der Waals surface area (Å²) in [5.41, 5.74) is 2.31. The van der Waals surface area contributed by atoms with Gasteiger partial charge >= 0.3 is 0 Å².